The maximum atomic E-state index is 12.2. The zero-order valence-electron chi connectivity index (χ0n) is 11.2. The van der Waals surface area contributed by atoms with Gasteiger partial charge in [-0.05, 0) is 24.6 Å². The molecule has 0 atom stereocenters. The molecule has 10 heteroatoms. The molecule has 0 saturated heterocycles. The van der Waals surface area contributed by atoms with Gasteiger partial charge < -0.3 is 11.1 Å². The monoisotopic (exact) mass is 327 g/mol. The van der Waals surface area contributed by atoms with Crippen LogP contribution in [0.5, 0.6) is 0 Å². The molecule has 0 aliphatic heterocycles. The highest BCUT2D eigenvalue weighted by atomic mass is 32.2. The number of carbonyl (C=O) groups excluding carboxylic acids is 1. The van der Waals surface area contributed by atoms with E-state index >= 15 is 0 Å². The van der Waals surface area contributed by atoms with E-state index in [0.717, 1.165) is 16.9 Å². The topological polar surface area (TPSA) is 127 Å². The van der Waals surface area contributed by atoms with Crippen molar-refractivity contribution in [2.45, 2.75) is 18.2 Å². The number of aryl methyl sites for hydroxylation is 1. The van der Waals surface area contributed by atoms with E-state index in [9.17, 15) is 13.2 Å². The van der Waals surface area contributed by atoms with Crippen molar-refractivity contribution in [2.75, 3.05) is 15.8 Å². The Morgan fingerprint density at radius 2 is 2.05 bits per heavy atom. The van der Waals surface area contributed by atoms with Crippen LogP contribution >= 0.6 is 11.3 Å². The predicted molar refractivity (Wildman–Crippen MR) is 80.6 cm³/mol. The van der Waals surface area contributed by atoms with Crippen LogP contribution < -0.4 is 15.8 Å². The zero-order valence-corrected chi connectivity index (χ0v) is 12.9. The summed E-state index contributed by atoms with van der Waals surface area (Å²) >= 11 is 0.752. The summed E-state index contributed by atoms with van der Waals surface area (Å²) in [5.74, 6) is -0.356. The van der Waals surface area contributed by atoms with Crippen molar-refractivity contribution in [3.8, 4) is 0 Å². The van der Waals surface area contributed by atoms with Crippen molar-refractivity contribution in [1.82, 2.24) is 10.2 Å². The van der Waals surface area contributed by atoms with Crippen LogP contribution in [-0.2, 0) is 14.8 Å². The highest BCUT2D eigenvalue weighted by molar-refractivity contribution is 7.94. The molecule has 1 aromatic heterocycles. The summed E-state index contributed by atoms with van der Waals surface area (Å²) in [6.07, 6.45) is 0. The minimum atomic E-state index is -3.90. The van der Waals surface area contributed by atoms with E-state index in [-0.39, 0.29) is 21.1 Å². The number of nitrogens with zero attached hydrogens (tertiary/aromatic N) is 2. The summed E-state index contributed by atoms with van der Waals surface area (Å²) in [4.78, 5) is 10.9. The highest BCUT2D eigenvalue weighted by Crippen LogP contribution is 2.26. The van der Waals surface area contributed by atoms with E-state index in [1.54, 1.807) is 18.2 Å². The molecule has 0 bridgehead atoms. The second-order valence-corrected chi connectivity index (χ2v) is 7.08. The van der Waals surface area contributed by atoms with Gasteiger partial charge in [-0.2, -0.15) is 8.42 Å². The van der Waals surface area contributed by atoms with Gasteiger partial charge >= 0.3 is 0 Å². The molecule has 0 spiro atoms. The lowest BCUT2D eigenvalue weighted by Gasteiger charge is -2.08. The molecule has 2 aromatic rings. The number of nitrogens with two attached hydrogens (primary N) is 1. The number of hydrogen-bond acceptors (Lipinski definition) is 7. The third-order valence-electron chi connectivity index (χ3n) is 2.37. The Kier molecular flexibility index (Phi) is 4.09. The molecule has 0 unspecified atom stereocenters. The number of rotatable bonds is 4. The number of nitrogen functional groups attached to an aromatic ring is 1. The van der Waals surface area contributed by atoms with Crippen molar-refractivity contribution in [1.29, 1.82) is 0 Å². The first-order chi connectivity index (χ1) is 9.78. The van der Waals surface area contributed by atoms with E-state index in [1.807, 2.05) is 6.92 Å². The number of benzene rings is 1. The molecule has 4 N–H and O–H groups in total. The van der Waals surface area contributed by atoms with Crippen LogP contribution in [0.15, 0.2) is 22.5 Å². The molecule has 0 aliphatic rings. The number of carbonyl (C=O) groups is 1. The number of hydrogen-bond donors (Lipinski definition) is 3. The van der Waals surface area contributed by atoms with E-state index in [1.165, 1.54) is 6.92 Å². The molecule has 0 saturated carbocycles. The van der Waals surface area contributed by atoms with Crippen molar-refractivity contribution in [3.05, 3.63) is 23.8 Å². The first-order valence-corrected chi connectivity index (χ1v) is 8.08. The molecular formula is C11H13N5O3S2. The minimum Gasteiger partial charge on any atom is -0.397 e. The summed E-state index contributed by atoms with van der Waals surface area (Å²) in [5, 5.41) is 9.62. The second kappa shape index (κ2) is 5.66. The molecule has 112 valence electrons. The number of nitrogens with one attached hydrogen (secondary N) is 2. The highest BCUT2D eigenvalue weighted by Gasteiger charge is 2.21. The van der Waals surface area contributed by atoms with Gasteiger partial charge in [0.1, 0.15) is 0 Å². The smallest absolute Gasteiger partial charge is 0.291 e. The average molecular weight is 327 g/mol. The van der Waals surface area contributed by atoms with Gasteiger partial charge in [-0.15, -0.1) is 10.2 Å². The molecule has 0 fully saturated rings. The van der Waals surface area contributed by atoms with Crippen LogP contribution in [0.1, 0.15) is 12.5 Å². The molecule has 21 heavy (non-hydrogen) atoms. The van der Waals surface area contributed by atoms with Gasteiger partial charge in [0.2, 0.25) is 11.0 Å². The third-order valence-corrected chi connectivity index (χ3v) is 4.94. The molecular weight excluding hydrogens is 314 g/mol. The van der Waals surface area contributed by atoms with Crippen LogP contribution in [0.3, 0.4) is 0 Å². The van der Waals surface area contributed by atoms with Crippen molar-refractivity contribution in [3.63, 3.8) is 0 Å². The lowest BCUT2D eigenvalue weighted by Crippen LogP contribution is -2.14. The SMILES string of the molecule is CC(=O)Nc1nnc(S(=O)(=O)Nc2cc(C)ccc2N)s1. The largest absolute Gasteiger partial charge is 0.397 e. The molecule has 2 rings (SSSR count). The Morgan fingerprint density at radius 3 is 2.71 bits per heavy atom. The Bertz CT molecular complexity index is 785. The Hall–Kier alpha value is -2.20. The Morgan fingerprint density at radius 1 is 1.33 bits per heavy atom. The van der Waals surface area contributed by atoms with Gasteiger partial charge in [-0.25, -0.2) is 0 Å². The number of sulfonamides is 1. The van der Waals surface area contributed by atoms with Crippen LogP contribution in [-0.4, -0.2) is 24.5 Å². The van der Waals surface area contributed by atoms with Crippen LogP contribution in [0, 0.1) is 6.92 Å². The maximum absolute atomic E-state index is 12.2. The van der Waals surface area contributed by atoms with Gasteiger partial charge in [0.15, 0.2) is 0 Å². The predicted octanol–water partition coefficient (Wildman–Crippen LogP) is 1.19. The fraction of sp³-hybridized carbons (Fsp3) is 0.182. The zero-order chi connectivity index (χ0) is 15.6. The van der Waals surface area contributed by atoms with Gasteiger partial charge in [0.25, 0.3) is 14.4 Å². The Labute approximate surface area is 125 Å². The van der Waals surface area contributed by atoms with Gasteiger partial charge in [-0.1, -0.05) is 17.4 Å². The molecule has 1 heterocycles. The third kappa shape index (κ3) is 3.67. The van der Waals surface area contributed by atoms with E-state index < -0.39 is 10.0 Å². The molecule has 8 nitrogen and oxygen atoms in total. The van der Waals surface area contributed by atoms with Gasteiger partial charge in [0, 0.05) is 6.92 Å². The van der Waals surface area contributed by atoms with Gasteiger partial charge in [-0.3, -0.25) is 9.52 Å². The summed E-state index contributed by atoms with van der Waals surface area (Å²) in [6.45, 7) is 3.11. The number of anilines is 3. The first-order valence-electron chi connectivity index (χ1n) is 5.78. The summed E-state index contributed by atoms with van der Waals surface area (Å²) in [5.41, 5.74) is 7.16. The lowest BCUT2D eigenvalue weighted by molar-refractivity contribution is -0.114. The van der Waals surface area contributed by atoms with Gasteiger partial charge in [0.05, 0.1) is 11.4 Å². The minimum absolute atomic E-state index is 0.111. The molecule has 0 aliphatic carbocycles. The normalized spacial score (nSPS) is 11.1. The van der Waals surface area contributed by atoms with E-state index in [4.69, 9.17) is 5.73 Å². The second-order valence-electron chi connectivity index (χ2n) is 4.25. The van der Waals surface area contributed by atoms with E-state index in [0.29, 0.717) is 5.69 Å². The fourth-order valence-corrected chi connectivity index (χ4v) is 3.49. The van der Waals surface area contributed by atoms with Crippen molar-refractivity contribution >= 4 is 43.8 Å². The maximum Gasteiger partial charge on any atom is 0.291 e. The Balaban J connectivity index is 2.28. The summed E-state index contributed by atoms with van der Waals surface area (Å²) in [7, 11) is -3.90. The quantitative estimate of drug-likeness (QED) is 0.572. The average Bonchev–Trinajstić information content (AvgIpc) is 2.82. The van der Waals surface area contributed by atoms with Crippen LogP contribution in [0.2, 0.25) is 0 Å². The van der Waals surface area contributed by atoms with Crippen LogP contribution in [0.25, 0.3) is 0 Å². The first kappa shape index (κ1) is 15.2. The number of amides is 1. The molecule has 1 amide bonds. The van der Waals surface area contributed by atoms with Crippen molar-refractivity contribution < 1.29 is 13.2 Å². The van der Waals surface area contributed by atoms with E-state index in [2.05, 4.69) is 20.2 Å². The summed E-state index contributed by atoms with van der Waals surface area (Å²) in [6, 6.07) is 4.99. The molecule has 1 aromatic carbocycles. The fourth-order valence-electron chi connectivity index (χ4n) is 1.47. The van der Waals surface area contributed by atoms with Crippen molar-refractivity contribution in [2.24, 2.45) is 0 Å². The standard InChI is InChI=1S/C11H13N5O3S2/c1-6-3-4-8(12)9(5-6)16-21(18,19)11-15-14-10(20-11)13-7(2)17/h3-5,16H,12H2,1-2H3,(H,13,14,17). The summed E-state index contributed by atoms with van der Waals surface area (Å²) < 4.78 is 26.5. The lowest BCUT2D eigenvalue weighted by atomic mass is 10.2. The molecule has 0 radical (unpaired) electrons. The number of aromatic nitrogens is 2. The van der Waals surface area contributed by atoms with Crippen LogP contribution in [0.4, 0.5) is 16.5 Å².